The van der Waals surface area contributed by atoms with E-state index in [0.29, 0.717) is 10.4 Å². The third-order valence-corrected chi connectivity index (χ3v) is 4.98. The molecule has 1 aromatic carbocycles. The molecule has 0 bridgehead atoms. The van der Waals surface area contributed by atoms with Crippen LogP contribution in [0, 0.1) is 0 Å². The summed E-state index contributed by atoms with van der Waals surface area (Å²) in [5, 5.41) is 12.3. The molecule has 0 saturated carbocycles. The minimum atomic E-state index is -4.74. The van der Waals surface area contributed by atoms with Gasteiger partial charge in [-0.3, -0.25) is 0 Å². The van der Waals surface area contributed by atoms with E-state index in [1.807, 2.05) is 17.5 Å². The molecule has 7 heteroatoms. The van der Waals surface area contributed by atoms with E-state index >= 15 is 0 Å². The highest BCUT2D eigenvalue weighted by molar-refractivity contribution is 7.26. The van der Waals surface area contributed by atoms with Crippen LogP contribution in [-0.4, -0.2) is 11.5 Å². The molecule has 2 heterocycles. The van der Waals surface area contributed by atoms with Crippen LogP contribution in [0.2, 0.25) is 0 Å². The standard InChI is InChI=1S/C14H9F3O2S2/c15-14(16,17)19-9-3-1-2-8(6-9)13(18)12-7-11-10(21-12)4-5-20-11/h1-7,13,18H. The number of alkyl halides is 3. The molecule has 2 aromatic heterocycles. The van der Waals surface area contributed by atoms with Crippen molar-refractivity contribution in [3.05, 3.63) is 52.2 Å². The highest BCUT2D eigenvalue weighted by Gasteiger charge is 2.31. The number of fused-ring (bicyclic) bond motifs is 1. The number of hydrogen-bond acceptors (Lipinski definition) is 4. The largest absolute Gasteiger partial charge is 0.573 e. The summed E-state index contributed by atoms with van der Waals surface area (Å²) in [5.41, 5.74) is 0.366. The predicted octanol–water partition coefficient (Wildman–Crippen LogP) is 4.94. The Labute approximate surface area is 126 Å². The number of ether oxygens (including phenoxy) is 1. The Bertz CT molecular complexity index is 732. The molecule has 1 atom stereocenters. The molecule has 110 valence electrons. The first-order valence-corrected chi connectivity index (χ1v) is 7.63. The molecule has 2 nitrogen and oxygen atoms in total. The average Bonchev–Trinajstić information content (AvgIpc) is 2.96. The molecule has 0 spiro atoms. The van der Waals surface area contributed by atoms with Crippen LogP contribution < -0.4 is 4.74 Å². The second kappa shape index (κ2) is 5.32. The van der Waals surface area contributed by atoms with Gasteiger partial charge in [-0.25, -0.2) is 0 Å². The number of halogens is 3. The Morgan fingerprint density at radius 1 is 1.10 bits per heavy atom. The molecular formula is C14H9F3O2S2. The Balaban J connectivity index is 1.88. The highest BCUT2D eigenvalue weighted by atomic mass is 32.1. The molecule has 0 saturated heterocycles. The molecule has 0 aliphatic heterocycles. The van der Waals surface area contributed by atoms with E-state index in [9.17, 15) is 18.3 Å². The van der Waals surface area contributed by atoms with E-state index in [2.05, 4.69) is 4.74 Å². The molecule has 3 aromatic rings. The van der Waals surface area contributed by atoms with Gasteiger partial charge in [0.05, 0.1) is 0 Å². The van der Waals surface area contributed by atoms with Crippen molar-refractivity contribution in [3.63, 3.8) is 0 Å². The SMILES string of the molecule is OC(c1cccc(OC(F)(F)F)c1)c1cc2sccc2s1. The van der Waals surface area contributed by atoms with Gasteiger partial charge < -0.3 is 9.84 Å². The van der Waals surface area contributed by atoms with Crippen molar-refractivity contribution in [2.24, 2.45) is 0 Å². The van der Waals surface area contributed by atoms with Gasteiger partial charge in [0.25, 0.3) is 0 Å². The monoisotopic (exact) mass is 330 g/mol. The fourth-order valence-corrected chi connectivity index (χ4v) is 4.10. The van der Waals surface area contributed by atoms with Gasteiger partial charge in [0.15, 0.2) is 0 Å². The van der Waals surface area contributed by atoms with Crippen molar-refractivity contribution < 1.29 is 23.0 Å². The number of aliphatic hydroxyl groups is 1. The Hall–Kier alpha value is -1.57. The molecule has 1 unspecified atom stereocenters. The maximum atomic E-state index is 12.2. The van der Waals surface area contributed by atoms with Crippen molar-refractivity contribution >= 4 is 32.1 Å². The number of hydrogen-bond donors (Lipinski definition) is 1. The minimum absolute atomic E-state index is 0.336. The second-order valence-electron chi connectivity index (χ2n) is 4.32. The first-order chi connectivity index (χ1) is 9.92. The van der Waals surface area contributed by atoms with Crippen LogP contribution >= 0.6 is 22.7 Å². The lowest BCUT2D eigenvalue weighted by Crippen LogP contribution is -2.17. The van der Waals surface area contributed by atoms with Gasteiger partial charge in [-0.15, -0.1) is 35.8 Å². The van der Waals surface area contributed by atoms with Crippen LogP contribution in [0.3, 0.4) is 0 Å². The predicted molar refractivity (Wildman–Crippen MR) is 76.9 cm³/mol. The molecular weight excluding hydrogens is 321 g/mol. The Kier molecular flexibility index (Phi) is 3.64. The first-order valence-electron chi connectivity index (χ1n) is 5.93. The van der Waals surface area contributed by atoms with E-state index in [4.69, 9.17) is 0 Å². The van der Waals surface area contributed by atoms with Crippen molar-refractivity contribution in [3.8, 4) is 5.75 Å². The van der Waals surface area contributed by atoms with Crippen molar-refractivity contribution in [2.75, 3.05) is 0 Å². The summed E-state index contributed by atoms with van der Waals surface area (Å²) < 4.78 is 42.6. The lowest BCUT2D eigenvalue weighted by atomic mass is 10.1. The number of rotatable bonds is 3. The summed E-state index contributed by atoms with van der Waals surface area (Å²) in [6, 6.07) is 9.21. The Morgan fingerprint density at radius 2 is 1.90 bits per heavy atom. The zero-order valence-corrected chi connectivity index (χ0v) is 12.1. The minimum Gasteiger partial charge on any atom is -0.406 e. The first kappa shape index (κ1) is 14.4. The van der Waals surface area contributed by atoms with Crippen LogP contribution in [-0.2, 0) is 0 Å². The molecule has 0 fully saturated rings. The lowest BCUT2D eigenvalue weighted by Gasteiger charge is -2.12. The smallest absolute Gasteiger partial charge is 0.406 e. The third kappa shape index (κ3) is 3.20. The molecule has 0 amide bonds. The van der Waals surface area contributed by atoms with Gasteiger partial charge in [0, 0.05) is 14.3 Å². The normalized spacial score (nSPS) is 13.5. The van der Waals surface area contributed by atoms with E-state index in [0.717, 1.165) is 9.40 Å². The molecule has 21 heavy (non-hydrogen) atoms. The topological polar surface area (TPSA) is 29.5 Å². The molecule has 0 aliphatic rings. The summed E-state index contributed by atoms with van der Waals surface area (Å²) >= 11 is 2.98. The van der Waals surface area contributed by atoms with Gasteiger partial charge in [0.2, 0.25) is 0 Å². The number of benzene rings is 1. The van der Waals surface area contributed by atoms with Crippen molar-refractivity contribution in [2.45, 2.75) is 12.5 Å². The second-order valence-corrected chi connectivity index (χ2v) is 6.38. The summed E-state index contributed by atoms with van der Waals surface area (Å²) in [6.45, 7) is 0. The molecule has 0 aliphatic carbocycles. The van der Waals surface area contributed by atoms with E-state index in [1.54, 1.807) is 17.4 Å². The fourth-order valence-electron chi connectivity index (χ4n) is 1.97. The van der Waals surface area contributed by atoms with E-state index in [-0.39, 0.29) is 5.75 Å². The summed E-state index contributed by atoms with van der Waals surface area (Å²) in [4.78, 5) is 0.695. The summed E-state index contributed by atoms with van der Waals surface area (Å²) in [7, 11) is 0. The Morgan fingerprint density at radius 3 is 2.62 bits per heavy atom. The zero-order valence-electron chi connectivity index (χ0n) is 10.4. The van der Waals surface area contributed by atoms with Crippen LogP contribution in [0.5, 0.6) is 5.75 Å². The quantitative estimate of drug-likeness (QED) is 0.737. The molecule has 3 rings (SSSR count). The average molecular weight is 330 g/mol. The summed E-state index contributed by atoms with van der Waals surface area (Å²) in [5.74, 6) is -0.336. The van der Waals surface area contributed by atoms with Crippen LogP contribution in [0.4, 0.5) is 13.2 Å². The maximum Gasteiger partial charge on any atom is 0.573 e. The van der Waals surface area contributed by atoms with E-state index in [1.165, 1.54) is 29.5 Å². The van der Waals surface area contributed by atoms with Crippen LogP contribution in [0.25, 0.3) is 9.40 Å². The van der Waals surface area contributed by atoms with Crippen LogP contribution in [0.15, 0.2) is 41.8 Å². The van der Waals surface area contributed by atoms with Gasteiger partial charge >= 0.3 is 6.36 Å². The third-order valence-electron chi connectivity index (χ3n) is 2.84. The van der Waals surface area contributed by atoms with Gasteiger partial charge in [-0.05, 0) is 35.2 Å². The van der Waals surface area contributed by atoms with E-state index < -0.39 is 12.5 Å². The highest BCUT2D eigenvalue weighted by Crippen LogP contribution is 2.36. The van der Waals surface area contributed by atoms with Crippen molar-refractivity contribution in [1.29, 1.82) is 0 Å². The van der Waals surface area contributed by atoms with Gasteiger partial charge in [0.1, 0.15) is 11.9 Å². The number of thiophene rings is 2. The zero-order chi connectivity index (χ0) is 15.0. The van der Waals surface area contributed by atoms with Crippen molar-refractivity contribution in [1.82, 2.24) is 0 Å². The van der Waals surface area contributed by atoms with Gasteiger partial charge in [-0.2, -0.15) is 0 Å². The summed E-state index contributed by atoms with van der Waals surface area (Å²) in [6.07, 6.45) is -5.71. The molecule has 0 radical (unpaired) electrons. The molecule has 1 N–H and O–H groups in total. The van der Waals surface area contributed by atoms with Crippen LogP contribution in [0.1, 0.15) is 16.5 Å². The number of aliphatic hydroxyl groups excluding tert-OH is 1. The van der Waals surface area contributed by atoms with Gasteiger partial charge in [-0.1, -0.05) is 12.1 Å². The lowest BCUT2D eigenvalue weighted by molar-refractivity contribution is -0.274. The fraction of sp³-hybridized carbons (Fsp3) is 0.143. The maximum absolute atomic E-state index is 12.2.